The first-order chi connectivity index (χ1) is 9.99. The van der Waals surface area contributed by atoms with Gasteiger partial charge in [0.15, 0.2) is 28.4 Å². The molecular formula is C12H19Cl2N7O. The van der Waals surface area contributed by atoms with Gasteiger partial charge in [-0.15, -0.1) is 12.4 Å². The van der Waals surface area contributed by atoms with E-state index in [1.54, 1.807) is 0 Å². The molecule has 0 aromatic carbocycles. The Hall–Kier alpha value is -1.80. The smallest absolute Gasteiger partial charge is 0.302 e. The van der Waals surface area contributed by atoms with Crippen molar-refractivity contribution in [2.24, 2.45) is 16.5 Å². The zero-order chi connectivity index (χ0) is 15.4. The minimum Gasteiger partial charge on any atom is -0.382 e. The van der Waals surface area contributed by atoms with Crippen molar-refractivity contribution in [2.45, 2.75) is 25.7 Å². The largest absolute Gasteiger partial charge is 0.382 e. The normalized spacial score (nSPS) is 14.7. The number of hydrogen-bond acceptors (Lipinski definition) is 5. The number of carbonyl (C=O) groups excluding carboxylic acids is 1. The molecule has 8 nitrogen and oxygen atoms in total. The lowest BCUT2D eigenvalue weighted by Gasteiger charge is -2.22. The molecule has 122 valence electrons. The van der Waals surface area contributed by atoms with Gasteiger partial charge >= 0.3 is 5.91 Å². The molecule has 1 aliphatic rings. The fraction of sp³-hybridized carbons (Fsp3) is 0.500. The van der Waals surface area contributed by atoms with Gasteiger partial charge in [-0.1, -0.05) is 24.4 Å². The van der Waals surface area contributed by atoms with Crippen LogP contribution in [0.5, 0.6) is 0 Å². The molecule has 10 heteroatoms. The number of nitrogens with two attached hydrogens (primary N) is 3. The molecule has 1 fully saturated rings. The highest BCUT2D eigenvalue weighted by atomic mass is 35.5. The van der Waals surface area contributed by atoms with E-state index in [4.69, 9.17) is 28.8 Å². The van der Waals surface area contributed by atoms with Crippen LogP contribution in [0, 0.1) is 0 Å². The predicted molar refractivity (Wildman–Crippen MR) is 89.5 cm³/mol. The molecule has 6 N–H and O–H groups in total. The fourth-order valence-electron chi connectivity index (χ4n) is 2.23. The van der Waals surface area contributed by atoms with Gasteiger partial charge in [0.2, 0.25) is 0 Å². The van der Waals surface area contributed by atoms with Crippen molar-refractivity contribution in [3.63, 3.8) is 0 Å². The zero-order valence-electron chi connectivity index (χ0n) is 12.0. The van der Waals surface area contributed by atoms with E-state index in [2.05, 4.69) is 15.0 Å². The quantitative estimate of drug-likeness (QED) is 0.534. The summed E-state index contributed by atoms with van der Waals surface area (Å²) in [7, 11) is 0. The lowest BCUT2D eigenvalue weighted by atomic mass is 10.2. The fourth-order valence-corrected chi connectivity index (χ4v) is 2.48. The Kier molecular flexibility index (Phi) is 6.63. The maximum atomic E-state index is 11.8. The van der Waals surface area contributed by atoms with Gasteiger partial charge in [0.05, 0.1) is 0 Å². The van der Waals surface area contributed by atoms with Crippen LogP contribution in [0.25, 0.3) is 0 Å². The minimum atomic E-state index is -0.760. The van der Waals surface area contributed by atoms with Crippen molar-refractivity contribution in [2.75, 3.05) is 23.7 Å². The van der Waals surface area contributed by atoms with Crippen LogP contribution in [0.3, 0.4) is 0 Å². The van der Waals surface area contributed by atoms with E-state index in [1.165, 1.54) is 12.8 Å². The summed E-state index contributed by atoms with van der Waals surface area (Å²) < 4.78 is 0. The summed E-state index contributed by atoms with van der Waals surface area (Å²) in [5.74, 6) is -0.663. The van der Waals surface area contributed by atoms with E-state index in [-0.39, 0.29) is 35.0 Å². The highest BCUT2D eigenvalue weighted by Gasteiger charge is 2.21. The molecule has 1 aromatic rings. The second-order valence-electron chi connectivity index (χ2n) is 4.81. The van der Waals surface area contributed by atoms with Crippen LogP contribution < -0.4 is 22.1 Å². The Balaban J connectivity index is 0.00000242. The van der Waals surface area contributed by atoms with Crippen LogP contribution in [-0.4, -0.2) is 34.9 Å². The number of guanidine groups is 1. The van der Waals surface area contributed by atoms with Gasteiger partial charge < -0.3 is 22.1 Å². The monoisotopic (exact) mass is 347 g/mol. The molecule has 22 heavy (non-hydrogen) atoms. The van der Waals surface area contributed by atoms with Crippen molar-refractivity contribution in [3.05, 3.63) is 10.8 Å². The summed E-state index contributed by atoms with van der Waals surface area (Å²) >= 11 is 6.13. The number of amides is 1. The van der Waals surface area contributed by atoms with Gasteiger partial charge in [0.1, 0.15) is 0 Å². The Labute approximate surface area is 139 Å². The van der Waals surface area contributed by atoms with Crippen molar-refractivity contribution in [1.29, 1.82) is 0 Å². The lowest BCUT2D eigenvalue weighted by Crippen LogP contribution is -2.27. The highest BCUT2D eigenvalue weighted by molar-refractivity contribution is 6.32. The van der Waals surface area contributed by atoms with Crippen LogP contribution in [0.2, 0.25) is 5.15 Å². The van der Waals surface area contributed by atoms with E-state index >= 15 is 0 Å². The molecule has 0 unspecified atom stereocenters. The summed E-state index contributed by atoms with van der Waals surface area (Å²) in [6, 6.07) is 0. The Morgan fingerprint density at radius 3 is 2.27 bits per heavy atom. The van der Waals surface area contributed by atoms with Crippen molar-refractivity contribution in [3.8, 4) is 0 Å². The van der Waals surface area contributed by atoms with Crippen molar-refractivity contribution >= 4 is 47.5 Å². The number of halogens is 2. The number of hydrogen-bond donors (Lipinski definition) is 3. The molecule has 2 rings (SSSR count). The van der Waals surface area contributed by atoms with E-state index in [9.17, 15) is 4.79 Å². The minimum absolute atomic E-state index is 0. The predicted octanol–water partition coefficient (Wildman–Crippen LogP) is 0.928. The van der Waals surface area contributed by atoms with E-state index in [1.807, 2.05) is 4.90 Å². The number of aromatic nitrogens is 2. The Morgan fingerprint density at radius 1 is 1.14 bits per heavy atom. The Bertz CT molecular complexity index is 567. The number of anilines is 2. The third-order valence-corrected chi connectivity index (χ3v) is 3.46. The molecule has 0 spiro atoms. The molecule has 0 bridgehead atoms. The molecule has 1 saturated heterocycles. The van der Waals surface area contributed by atoms with Crippen LogP contribution in [0.4, 0.5) is 11.6 Å². The maximum Gasteiger partial charge on any atom is 0.302 e. The van der Waals surface area contributed by atoms with Crippen molar-refractivity contribution in [1.82, 2.24) is 9.97 Å². The zero-order valence-corrected chi connectivity index (χ0v) is 13.5. The second kappa shape index (κ2) is 8.00. The molecule has 0 atom stereocenters. The van der Waals surface area contributed by atoms with Gasteiger partial charge in [-0.2, -0.15) is 4.99 Å². The number of nitrogens with zero attached hydrogens (tertiary/aromatic N) is 4. The highest BCUT2D eigenvalue weighted by Crippen LogP contribution is 2.26. The molecular weight excluding hydrogens is 329 g/mol. The first-order valence-electron chi connectivity index (χ1n) is 6.71. The number of carbonyl (C=O) groups is 1. The van der Waals surface area contributed by atoms with Gasteiger partial charge in [-0.25, -0.2) is 9.97 Å². The van der Waals surface area contributed by atoms with Crippen LogP contribution in [0.1, 0.15) is 36.2 Å². The number of rotatable bonds is 2. The van der Waals surface area contributed by atoms with Gasteiger partial charge in [-0.05, 0) is 12.8 Å². The summed E-state index contributed by atoms with van der Waals surface area (Å²) in [6.07, 6.45) is 4.48. The maximum absolute atomic E-state index is 11.8. The molecule has 0 saturated carbocycles. The topological polar surface area (TPSA) is 137 Å². The van der Waals surface area contributed by atoms with Gasteiger partial charge in [-0.3, -0.25) is 4.79 Å². The van der Waals surface area contributed by atoms with Crippen LogP contribution in [0.15, 0.2) is 4.99 Å². The first kappa shape index (κ1) is 18.2. The molecule has 1 amide bonds. The summed E-state index contributed by atoms with van der Waals surface area (Å²) in [5, 5.41) is 0.125. The average Bonchev–Trinajstić information content (AvgIpc) is 2.69. The summed E-state index contributed by atoms with van der Waals surface area (Å²) in [6.45, 7) is 1.68. The molecule has 2 heterocycles. The molecule has 1 aliphatic heterocycles. The summed E-state index contributed by atoms with van der Waals surface area (Å²) in [4.78, 5) is 25.4. The molecule has 1 aromatic heterocycles. The van der Waals surface area contributed by atoms with Gasteiger partial charge in [0, 0.05) is 13.1 Å². The molecule has 0 radical (unpaired) electrons. The average molecular weight is 348 g/mol. The lowest BCUT2D eigenvalue weighted by molar-refractivity contribution is 0.0998. The van der Waals surface area contributed by atoms with Crippen LogP contribution in [-0.2, 0) is 0 Å². The van der Waals surface area contributed by atoms with Crippen LogP contribution >= 0.6 is 24.0 Å². The third-order valence-electron chi connectivity index (χ3n) is 3.20. The third kappa shape index (κ3) is 4.35. The summed E-state index contributed by atoms with van der Waals surface area (Å²) in [5.41, 5.74) is 16.0. The molecule has 0 aliphatic carbocycles. The van der Waals surface area contributed by atoms with E-state index in [0.717, 1.165) is 25.9 Å². The first-order valence-corrected chi connectivity index (χ1v) is 7.08. The SMILES string of the molecule is Cl.NC(N)=NC(=O)c1nc(Cl)c(N2CCCCCC2)nc1N. The van der Waals surface area contributed by atoms with E-state index < -0.39 is 5.91 Å². The Morgan fingerprint density at radius 2 is 1.73 bits per heavy atom. The second-order valence-corrected chi connectivity index (χ2v) is 5.17. The van der Waals surface area contributed by atoms with Gasteiger partial charge in [0.25, 0.3) is 0 Å². The number of aliphatic imine (C=N–C) groups is 1. The van der Waals surface area contributed by atoms with E-state index in [0.29, 0.717) is 5.82 Å². The number of nitrogen functional groups attached to an aromatic ring is 1. The standard InChI is InChI=1S/C12H18ClN7O.ClH/c13-8-10(20-5-3-1-2-4-6-20)18-9(14)7(17-8)11(21)19-12(15)16;/h1-6H2,(H2,14,18)(H4,15,16,19,21);1H. The van der Waals surface area contributed by atoms with Crippen molar-refractivity contribution < 1.29 is 4.79 Å².